The summed E-state index contributed by atoms with van der Waals surface area (Å²) in [4.78, 5) is 15.6. The van der Waals surface area contributed by atoms with Crippen molar-refractivity contribution in [2.75, 3.05) is 5.32 Å². The van der Waals surface area contributed by atoms with Crippen molar-refractivity contribution in [2.24, 2.45) is 7.05 Å². The van der Waals surface area contributed by atoms with Gasteiger partial charge in [-0.3, -0.25) is 4.79 Å². The van der Waals surface area contributed by atoms with Crippen LogP contribution in [0, 0.1) is 0 Å². The molecule has 4 heteroatoms. The second-order valence-corrected chi connectivity index (χ2v) is 3.64. The molecule has 0 saturated carbocycles. The third-order valence-electron chi connectivity index (χ3n) is 1.88. The molecule has 1 heterocycles. The molecule has 0 aliphatic carbocycles. The van der Waals surface area contributed by atoms with Crippen molar-refractivity contribution >= 4 is 11.6 Å². The molecule has 0 spiro atoms. The Kier molecular flexibility index (Phi) is 3.28. The van der Waals surface area contributed by atoms with Gasteiger partial charge in [0.25, 0.3) is 0 Å². The Hall–Kier alpha value is -1.32. The zero-order chi connectivity index (χ0) is 10.7. The minimum atomic E-state index is 0.0734. The van der Waals surface area contributed by atoms with Crippen LogP contribution in [0.1, 0.15) is 37.8 Å². The maximum atomic E-state index is 11.4. The monoisotopic (exact) mass is 195 g/mol. The fourth-order valence-electron chi connectivity index (χ4n) is 1.25. The smallest absolute Gasteiger partial charge is 0.198 e. The number of aromatic nitrogens is 2. The molecule has 78 valence electrons. The van der Waals surface area contributed by atoms with Crippen molar-refractivity contribution in [3.63, 3.8) is 0 Å². The first kappa shape index (κ1) is 10.8. The number of nitrogens with zero attached hydrogens (tertiary/aromatic N) is 2. The van der Waals surface area contributed by atoms with Crippen LogP contribution in [0.15, 0.2) is 6.20 Å². The third kappa shape index (κ3) is 2.34. The molecule has 1 aromatic heterocycles. The molecule has 14 heavy (non-hydrogen) atoms. The van der Waals surface area contributed by atoms with Gasteiger partial charge in [-0.15, -0.1) is 0 Å². The zero-order valence-corrected chi connectivity index (χ0v) is 9.16. The van der Waals surface area contributed by atoms with E-state index in [1.165, 1.54) is 0 Å². The van der Waals surface area contributed by atoms with Crippen LogP contribution < -0.4 is 5.32 Å². The van der Waals surface area contributed by atoms with Gasteiger partial charge >= 0.3 is 0 Å². The van der Waals surface area contributed by atoms with E-state index in [1.807, 2.05) is 34.0 Å². The van der Waals surface area contributed by atoms with Gasteiger partial charge in [-0.05, 0) is 13.8 Å². The minimum absolute atomic E-state index is 0.0734. The van der Waals surface area contributed by atoms with E-state index in [0.717, 1.165) is 5.82 Å². The largest absolute Gasteiger partial charge is 0.367 e. The van der Waals surface area contributed by atoms with Crippen LogP contribution in [0.5, 0.6) is 0 Å². The van der Waals surface area contributed by atoms with Gasteiger partial charge in [0.05, 0.1) is 0 Å². The molecule has 4 nitrogen and oxygen atoms in total. The molecule has 0 aromatic carbocycles. The van der Waals surface area contributed by atoms with Crippen LogP contribution in [0.2, 0.25) is 0 Å². The van der Waals surface area contributed by atoms with E-state index in [-0.39, 0.29) is 5.78 Å². The highest BCUT2D eigenvalue weighted by atomic mass is 16.1. The number of nitrogens with one attached hydrogen (secondary N) is 1. The molecule has 0 aliphatic rings. The van der Waals surface area contributed by atoms with E-state index < -0.39 is 0 Å². The Morgan fingerprint density at radius 2 is 2.29 bits per heavy atom. The number of rotatable bonds is 4. The first-order valence-corrected chi connectivity index (χ1v) is 4.87. The van der Waals surface area contributed by atoms with Gasteiger partial charge in [-0.1, -0.05) is 6.92 Å². The van der Waals surface area contributed by atoms with Gasteiger partial charge < -0.3 is 9.88 Å². The zero-order valence-electron chi connectivity index (χ0n) is 9.16. The Bertz CT molecular complexity index is 328. The topological polar surface area (TPSA) is 46.9 Å². The number of aryl methyl sites for hydroxylation is 1. The van der Waals surface area contributed by atoms with Crippen molar-refractivity contribution in [1.29, 1.82) is 0 Å². The Labute approximate surface area is 84.3 Å². The first-order chi connectivity index (χ1) is 6.54. The molecular weight excluding hydrogens is 178 g/mol. The Morgan fingerprint density at radius 1 is 1.64 bits per heavy atom. The molecule has 1 rings (SSSR count). The first-order valence-electron chi connectivity index (χ1n) is 4.87. The van der Waals surface area contributed by atoms with Crippen LogP contribution in [0.4, 0.5) is 5.82 Å². The third-order valence-corrected chi connectivity index (χ3v) is 1.88. The molecule has 0 fully saturated rings. The maximum Gasteiger partial charge on any atom is 0.198 e. The summed E-state index contributed by atoms with van der Waals surface area (Å²) in [6.07, 6.45) is 2.33. The number of carbonyl (C=O) groups is 1. The van der Waals surface area contributed by atoms with Crippen molar-refractivity contribution in [1.82, 2.24) is 9.55 Å². The fourth-order valence-corrected chi connectivity index (χ4v) is 1.25. The lowest BCUT2D eigenvalue weighted by Crippen LogP contribution is -2.10. The average molecular weight is 195 g/mol. The predicted octanol–water partition coefficient (Wildman–Crippen LogP) is 1.83. The second kappa shape index (κ2) is 4.26. The molecule has 0 amide bonds. The number of hydrogen-bond donors (Lipinski definition) is 1. The summed E-state index contributed by atoms with van der Waals surface area (Å²) in [6, 6.07) is 0.328. The van der Waals surface area contributed by atoms with E-state index in [4.69, 9.17) is 0 Å². The van der Waals surface area contributed by atoms with Crippen molar-refractivity contribution < 1.29 is 4.79 Å². The number of anilines is 1. The van der Waals surface area contributed by atoms with E-state index in [0.29, 0.717) is 18.3 Å². The van der Waals surface area contributed by atoms with E-state index in [9.17, 15) is 4.79 Å². The lowest BCUT2D eigenvalue weighted by Gasteiger charge is -2.04. The summed E-state index contributed by atoms with van der Waals surface area (Å²) in [6.45, 7) is 5.92. The van der Waals surface area contributed by atoms with E-state index in [2.05, 4.69) is 10.3 Å². The van der Waals surface area contributed by atoms with Crippen LogP contribution in [0.3, 0.4) is 0 Å². The van der Waals surface area contributed by atoms with Gasteiger partial charge in [0, 0.05) is 25.7 Å². The minimum Gasteiger partial charge on any atom is -0.367 e. The summed E-state index contributed by atoms with van der Waals surface area (Å²) in [5.41, 5.74) is 0. The van der Waals surface area contributed by atoms with Crippen molar-refractivity contribution in [3.8, 4) is 0 Å². The summed E-state index contributed by atoms with van der Waals surface area (Å²) < 4.78 is 1.76. The highest BCUT2D eigenvalue weighted by Gasteiger charge is 2.11. The summed E-state index contributed by atoms with van der Waals surface area (Å²) >= 11 is 0. The van der Waals surface area contributed by atoms with Gasteiger partial charge in [-0.25, -0.2) is 4.98 Å². The molecular formula is C10H17N3O. The number of Topliss-reactive ketones (excluding diaryl/α,β-unsaturated/α-hetero) is 1. The number of hydrogen-bond acceptors (Lipinski definition) is 3. The molecule has 0 radical (unpaired) electrons. The number of imidazole rings is 1. The van der Waals surface area contributed by atoms with Gasteiger partial charge in [0.2, 0.25) is 0 Å². The Balaban J connectivity index is 2.87. The van der Waals surface area contributed by atoms with Crippen molar-refractivity contribution in [3.05, 3.63) is 12.0 Å². The molecule has 0 atom stereocenters. The van der Waals surface area contributed by atoms with Gasteiger partial charge in [0.1, 0.15) is 5.82 Å². The normalized spacial score (nSPS) is 10.6. The quantitative estimate of drug-likeness (QED) is 0.746. The molecule has 0 unspecified atom stereocenters. The fraction of sp³-hybridized carbons (Fsp3) is 0.600. The second-order valence-electron chi connectivity index (χ2n) is 3.64. The molecule has 1 aromatic rings. The van der Waals surface area contributed by atoms with E-state index >= 15 is 0 Å². The van der Waals surface area contributed by atoms with Gasteiger partial charge in [-0.2, -0.15) is 0 Å². The Morgan fingerprint density at radius 3 is 2.79 bits per heavy atom. The standard InChI is InChI=1S/C10H17N3O/c1-5-8(14)10-12-9(6-13(10)4)11-7(2)3/h6-7,11H,5H2,1-4H3. The predicted molar refractivity (Wildman–Crippen MR) is 56.6 cm³/mol. The molecule has 1 N–H and O–H groups in total. The maximum absolute atomic E-state index is 11.4. The van der Waals surface area contributed by atoms with Crippen LogP contribution >= 0.6 is 0 Å². The SMILES string of the molecule is CCC(=O)c1nc(NC(C)C)cn1C. The van der Waals surface area contributed by atoms with Crippen molar-refractivity contribution in [2.45, 2.75) is 33.2 Å². The molecule has 0 bridgehead atoms. The molecule has 0 aliphatic heterocycles. The van der Waals surface area contributed by atoms with Gasteiger partial charge in [0.15, 0.2) is 11.6 Å². The number of carbonyl (C=O) groups excluding carboxylic acids is 1. The summed E-state index contributed by atoms with van der Waals surface area (Å²) in [7, 11) is 1.83. The summed E-state index contributed by atoms with van der Waals surface area (Å²) in [5, 5.41) is 3.16. The average Bonchev–Trinajstić information content (AvgIpc) is 2.44. The highest BCUT2D eigenvalue weighted by Crippen LogP contribution is 2.09. The van der Waals surface area contributed by atoms with Crippen LogP contribution in [-0.2, 0) is 7.05 Å². The molecule has 0 saturated heterocycles. The lowest BCUT2D eigenvalue weighted by atomic mass is 10.3. The lowest BCUT2D eigenvalue weighted by molar-refractivity contribution is 0.0975. The van der Waals surface area contributed by atoms with Crippen LogP contribution in [-0.4, -0.2) is 21.4 Å². The van der Waals surface area contributed by atoms with Crippen LogP contribution in [0.25, 0.3) is 0 Å². The highest BCUT2D eigenvalue weighted by molar-refractivity contribution is 5.93. The number of ketones is 1. The summed E-state index contributed by atoms with van der Waals surface area (Å²) in [5.74, 6) is 1.36. The van der Waals surface area contributed by atoms with E-state index in [1.54, 1.807) is 4.57 Å².